The minimum atomic E-state index is -0.783. The van der Waals surface area contributed by atoms with Gasteiger partial charge in [0.25, 0.3) is 0 Å². The molecule has 0 aliphatic heterocycles. The Morgan fingerprint density at radius 3 is 0.939 bits per heavy atom. The molecule has 0 N–H and O–H groups in total. The fraction of sp³-hybridized carbons (Fsp3) is 0.0476. The molecule has 3 heterocycles. The van der Waals surface area contributed by atoms with Crippen molar-refractivity contribution in [2.45, 2.75) is 0 Å². The van der Waals surface area contributed by atoms with E-state index in [-0.39, 0.29) is 20.4 Å². The maximum Gasteiger partial charge on any atom is 0.101 e. The van der Waals surface area contributed by atoms with Gasteiger partial charge in [0.15, 0.2) is 0 Å². The molecule has 0 atom stereocenters. The van der Waals surface area contributed by atoms with Crippen molar-refractivity contribution in [3.8, 4) is 22.8 Å². The largest absolute Gasteiger partial charge is 0.512 e. The summed E-state index contributed by atoms with van der Waals surface area (Å²) in [6, 6.07) is 62.0. The summed E-state index contributed by atoms with van der Waals surface area (Å²) in [7, 11) is -1.57. The van der Waals surface area contributed by atoms with Gasteiger partial charge in [0.1, 0.15) is 12.3 Å². The molecule has 49 heavy (non-hydrogen) atoms. The van der Waals surface area contributed by atoms with Crippen molar-refractivity contribution in [1.82, 2.24) is 15.0 Å². The monoisotopic (exact) mass is 846 g/mol. The molecule has 0 fully saturated rings. The van der Waals surface area contributed by atoms with E-state index >= 15 is 0 Å². The van der Waals surface area contributed by atoms with Crippen LogP contribution in [0.25, 0.3) is 22.8 Å². The Kier molecular flexibility index (Phi) is 15.7. The molecule has 0 spiro atoms. The van der Waals surface area contributed by atoms with Crippen molar-refractivity contribution in [3.05, 3.63) is 195 Å². The van der Waals surface area contributed by atoms with E-state index in [4.69, 9.17) is 11.8 Å². The minimum Gasteiger partial charge on any atom is -0.512 e. The average molecular weight is 846 g/mol. The predicted molar refractivity (Wildman–Crippen MR) is 206 cm³/mol. The van der Waals surface area contributed by atoms with Crippen LogP contribution in [0.5, 0.6) is 0 Å². The number of aromatic nitrogens is 3. The second kappa shape index (κ2) is 20.7. The van der Waals surface area contributed by atoms with Crippen LogP contribution in [0.1, 0.15) is 0 Å². The van der Waals surface area contributed by atoms with Crippen LogP contribution in [0.2, 0.25) is 0 Å². The normalized spacial score (nSPS) is 10.1. The van der Waals surface area contributed by atoms with Gasteiger partial charge < -0.3 is 11.8 Å². The molecule has 0 saturated carbocycles. The molecule has 0 bridgehead atoms. The quantitative estimate of drug-likeness (QED) is 0.109. The summed E-state index contributed by atoms with van der Waals surface area (Å²) in [6.07, 6.45) is 6.06. The maximum atomic E-state index is 6.25. The molecule has 4 aromatic carbocycles. The number of hydrogen-bond acceptors (Lipinski definition) is 4. The van der Waals surface area contributed by atoms with Crippen LogP contribution in [0, 0.1) is 11.8 Å². The van der Waals surface area contributed by atoms with Gasteiger partial charge in [-0.2, -0.15) is 0 Å². The van der Waals surface area contributed by atoms with E-state index in [1.165, 1.54) is 33.5 Å². The fourth-order valence-corrected chi connectivity index (χ4v) is 11.7. The third kappa shape index (κ3) is 10.9. The summed E-state index contributed by atoms with van der Waals surface area (Å²) in [6.45, 7) is 4.75. The van der Waals surface area contributed by atoms with Crippen molar-refractivity contribution in [2.75, 3.05) is 12.3 Å². The zero-order chi connectivity index (χ0) is 33.2. The van der Waals surface area contributed by atoms with Crippen LogP contribution >= 0.6 is 15.8 Å². The molecule has 7 rings (SSSR count). The van der Waals surface area contributed by atoms with Crippen LogP contribution < -0.4 is 21.2 Å². The average Bonchev–Trinajstić information content (AvgIpc) is 3.20. The van der Waals surface area contributed by atoms with Crippen LogP contribution in [0.4, 0.5) is 0 Å². The molecule has 241 valence electrons. The molecular formula is C42H37N4P2Re+. The van der Waals surface area contributed by atoms with E-state index in [0.717, 1.165) is 22.8 Å². The summed E-state index contributed by atoms with van der Waals surface area (Å²) in [5.74, 6) is 0. The van der Waals surface area contributed by atoms with Gasteiger partial charge in [0.05, 0.1) is 59.8 Å². The first-order valence-corrected chi connectivity index (χ1v) is 19.2. The van der Waals surface area contributed by atoms with Crippen molar-refractivity contribution in [2.24, 2.45) is 0 Å². The van der Waals surface area contributed by atoms with Crippen LogP contribution in [0.3, 0.4) is 0 Å². The van der Waals surface area contributed by atoms with Crippen molar-refractivity contribution in [3.63, 3.8) is 0 Å². The molecule has 0 aliphatic rings. The van der Waals surface area contributed by atoms with E-state index in [9.17, 15) is 0 Å². The first kappa shape index (κ1) is 37.2. The minimum absolute atomic E-state index is 0. The zero-order valence-electron chi connectivity index (χ0n) is 27.0. The van der Waals surface area contributed by atoms with Gasteiger partial charge in [-0.25, -0.2) is 4.98 Å². The van der Waals surface area contributed by atoms with E-state index in [2.05, 4.69) is 136 Å². The van der Waals surface area contributed by atoms with Crippen LogP contribution in [-0.4, -0.2) is 27.3 Å². The van der Waals surface area contributed by atoms with Gasteiger partial charge >= 0.3 is 0 Å². The Hall–Kier alpha value is -4.66. The Balaban J connectivity index is 0.000000223. The Bertz CT molecular complexity index is 1720. The number of hydrogen-bond donors (Lipinski definition) is 0. The summed E-state index contributed by atoms with van der Waals surface area (Å²) in [5, 5.41) is 12.3. The molecule has 1 radical (unpaired) electrons. The third-order valence-electron chi connectivity index (χ3n) is 7.72. The number of benzene rings is 4. The molecule has 4 nitrogen and oxygen atoms in total. The first-order valence-electron chi connectivity index (χ1n) is 15.8. The molecule has 7 heteroatoms. The molecule has 0 saturated heterocycles. The number of rotatable bonds is 9. The van der Waals surface area contributed by atoms with E-state index in [0.29, 0.717) is 0 Å². The van der Waals surface area contributed by atoms with E-state index in [1.807, 2.05) is 54.6 Å². The second-order valence-electron chi connectivity index (χ2n) is 10.8. The fourth-order valence-electron chi connectivity index (χ4n) is 5.47. The van der Waals surface area contributed by atoms with Gasteiger partial charge in [-0.1, -0.05) is 91.0 Å². The van der Waals surface area contributed by atoms with E-state index in [1.54, 1.807) is 12.4 Å². The van der Waals surface area contributed by atoms with E-state index < -0.39 is 15.8 Å². The Morgan fingerprint density at radius 2 is 0.653 bits per heavy atom. The Labute approximate surface area is 306 Å². The molecule has 0 amide bonds. The first-order chi connectivity index (χ1) is 23.8. The van der Waals surface area contributed by atoms with Gasteiger partial charge in [-0.05, 0) is 84.9 Å². The number of nitrogens with zero attached hydrogens (tertiary/aromatic N) is 4. The smallest absolute Gasteiger partial charge is 0.101 e. The van der Waals surface area contributed by atoms with Crippen LogP contribution in [-0.2, 0) is 20.4 Å². The zero-order valence-corrected chi connectivity index (χ0v) is 31.7. The molecular weight excluding hydrogens is 809 g/mol. The standard InChI is InChI=1S/C26H24P2.C15H11N3.CN.Re/c1-5-13-23(14-6-1)27(24-15-7-2-8-16-24)21-22-28(25-17-9-3-10-18-25)26-19-11-4-12-20-26;1-3-10-16-12(6-1)14-8-5-9-15(18-14)13-7-2-4-11-17-13;1-2;/h1-20H,21-22H2;1-11H;;/q;;-1;/p+2. The second-order valence-corrected chi connectivity index (χ2v) is 16.0. The molecule has 3 aromatic heterocycles. The van der Waals surface area contributed by atoms with Gasteiger partial charge in [0.2, 0.25) is 0 Å². The topological polar surface area (TPSA) is 62.5 Å². The van der Waals surface area contributed by atoms with Crippen LogP contribution in [0.15, 0.2) is 188 Å². The van der Waals surface area contributed by atoms with Gasteiger partial charge in [0, 0.05) is 32.8 Å². The summed E-state index contributed by atoms with van der Waals surface area (Å²) in [4.78, 5) is 13.2. The summed E-state index contributed by atoms with van der Waals surface area (Å²) >= 11 is 0. The molecule has 0 unspecified atom stereocenters. The summed E-state index contributed by atoms with van der Waals surface area (Å²) in [5.41, 5.74) is 3.46. The third-order valence-corrected chi connectivity index (χ3v) is 13.8. The number of pyridine rings is 3. The maximum absolute atomic E-state index is 6.25. The summed E-state index contributed by atoms with van der Waals surface area (Å²) < 4.78 is 0. The van der Waals surface area contributed by atoms with Crippen molar-refractivity contribution in [1.29, 1.82) is 5.26 Å². The Morgan fingerprint density at radius 1 is 0.367 bits per heavy atom. The molecule has 7 aromatic rings. The predicted octanol–water partition coefficient (Wildman–Crippen LogP) is 8.02. The SMILES string of the molecule is [C-]#N.[Re].c1ccc(-c2cccc(-c3ccccn3)n2)nc1.c1ccc([PH+](CC[PH+](c2ccccc2)c2ccccc2)c2ccccc2)cc1. The molecule has 0 aliphatic carbocycles. The van der Waals surface area contributed by atoms with Crippen molar-refractivity contribution < 1.29 is 20.4 Å². The van der Waals surface area contributed by atoms with Gasteiger partial charge in [-0.3, -0.25) is 9.97 Å². The van der Waals surface area contributed by atoms with Crippen molar-refractivity contribution >= 4 is 37.1 Å². The van der Waals surface area contributed by atoms with Gasteiger partial charge in [-0.15, -0.1) is 0 Å².